The molecule has 1 aliphatic rings. The van der Waals surface area contributed by atoms with Crippen LogP contribution >= 0.6 is 0 Å². The first kappa shape index (κ1) is 11.0. The van der Waals surface area contributed by atoms with Crippen molar-refractivity contribution >= 4 is 11.9 Å². The van der Waals surface area contributed by atoms with Gasteiger partial charge in [0.15, 0.2) is 0 Å². The molecular formula is C9H16N2O3. The number of piperazine rings is 1. The first-order valence-electron chi connectivity index (χ1n) is 4.88. The van der Waals surface area contributed by atoms with Crippen molar-refractivity contribution in [3.63, 3.8) is 0 Å². The monoisotopic (exact) mass is 200 g/mol. The number of rotatable bonds is 3. The summed E-state index contributed by atoms with van der Waals surface area (Å²) in [5.74, 6) is -0.673. The minimum atomic E-state index is -0.331. The van der Waals surface area contributed by atoms with Crippen molar-refractivity contribution in [1.82, 2.24) is 10.4 Å². The summed E-state index contributed by atoms with van der Waals surface area (Å²) in [6.45, 7) is 5.04. The molecule has 1 saturated heterocycles. The van der Waals surface area contributed by atoms with E-state index in [4.69, 9.17) is 4.84 Å². The first-order chi connectivity index (χ1) is 6.65. The maximum atomic E-state index is 11.4. The molecule has 5 nitrogen and oxygen atoms in total. The lowest BCUT2D eigenvalue weighted by Crippen LogP contribution is -2.49. The van der Waals surface area contributed by atoms with Crippen molar-refractivity contribution in [2.75, 3.05) is 19.6 Å². The van der Waals surface area contributed by atoms with Crippen LogP contribution in [0.15, 0.2) is 0 Å². The van der Waals surface area contributed by atoms with Gasteiger partial charge in [-0.15, -0.1) is 0 Å². The van der Waals surface area contributed by atoms with E-state index in [1.54, 1.807) is 6.92 Å². The van der Waals surface area contributed by atoms with Crippen LogP contribution < -0.4 is 5.32 Å². The molecule has 14 heavy (non-hydrogen) atoms. The third kappa shape index (κ3) is 2.70. The van der Waals surface area contributed by atoms with Gasteiger partial charge in [-0.05, 0) is 6.42 Å². The van der Waals surface area contributed by atoms with E-state index in [-0.39, 0.29) is 24.3 Å². The highest BCUT2D eigenvalue weighted by molar-refractivity contribution is 5.80. The van der Waals surface area contributed by atoms with E-state index in [1.165, 1.54) is 0 Å². The molecule has 0 bridgehead atoms. The molecule has 0 radical (unpaired) electrons. The van der Waals surface area contributed by atoms with Crippen molar-refractivity contribution in [1.29, 1.82) is 0 Å². The molecule has 1 unspecified atom stereocenters. The highest BCUT2D eigenvalue weighted by atomic mass is 16.7. The summed E-state index contributed by atoms with van der Waals surface area (Å²) in [4.78, 5) is 27.5. The largest absolute Gasteiger partial charge is 0.338 e. The summed E-state index contributed by atoms with van der Waals surface area (Å²) in [5, 5.41) is 4.04. The van der Waals surface area contributed by atoms with Crippen molar-refractivity contribution < 1.29 is 14.4 Å². The van der Waals surface area contributed by atoms with Gasteiger partial charge in [-0.2, -0.15) is 5.06 Å². The Morgan fingerprint density at radius 3 is 3.00 bits per heavy atom. The Kier molecular flexibility index (Phi) is 3.88. The molecule has 80 valence electrons. The number of carbonyl (C=O) groups excluding carboxylic acids is 2. The van der Waals surface area contributed by atoms with Gasteiger partial charge in [0, 0.05) is 6.54 Å². The van der Waals surface area contributed by atoms with E-state index in [0.717, 1.165) is 11.5 Å². The van der Waals surface area contributed by atoms with Crippen LogP contribution in [0.3, 0.4) is 0 Å². The lowest BCUT2D eigenvalue weighted by Gasteiger charge is -2.26. The van der Waals surface area contributed by atoms with E-state index in [2.05, 4.69) is 5.32 Å². The van der Waals surface area contributed by atoms with Crippen LogP contribution in [0.5, 0.6) is 0 Å². The van der Waals surface area contributed by atoms with E-state index in [9.17, 15) is 9.59 Å². The standard InChI is InChI=1S/C9H16N2O3/c1-3-7(2)9(13)14-11-5-4-10-6-8(11)12/h7,10H,3-6H2,1-2H3. The summed E-state index contributed by atoms with van der Waals surface area (Å²) < 4.78 is 0. The maximum absolute atomic E-state index is 11.4. The predicted octanol–water partition coefficient (Wildman–Crippen LogP) is -0.0775. The lowest BCUT2D eigenvalue weighted by molar-refractivity contribution is -0.203. The highest BCUT2D eigenvalue weighted by Crippen LogP contribution is 2.06. The summed E-state index contributed by atoms with van der Waals surface area (Å²) in [6, 6.07) is 0. The average molecular weight is 200 g/mol. The molecule has 1 aliphatic heterocycles. The Labute approximate surface area is 83.4 Å². The van der Waals surface area contributed by atoms with Gasteiger partial charge in [-0.1, -0.05) is 13.8 Å². The van der Waals surface area contributed by atoms with Crippen molar-refractivity contribution in [3.05, 3.63) is 0 Å². The van der Waals surface area contributed by atoms with Crippen LogP contribution in [0.1, 0.15) is 20.3 Å². The molecule has 0 aliphatic carbocycles. The fourth-order valence-electron chi connectivity index (χ4n) is 1.05. The van der Waals surface area contributed by atoms with Crippen LogP contribution in [0.4, 0.5) is 0 Å². The molecular weight excluding hydrogens is 184 g/mol. The van der Waals surface area contributed by atoms with Gasteiger partial charge in [0.05, 0.1) is 19.0 Å². The smallest absolute Gasteiger partial charge is 0.335 e. The Hall–Kier alpha value is -1.10. The second-order valence-electron chi connectivity index (χ2n) is 3.39. The number of hydrogen-bond acceptors (Lipinski definition) is 4. The lowest BCUT2D eigenvalue weighted by atomic mass is 10.1. The number of hydroxylamine groups is 2. The maximum Gasteiger partial charge on any atom is 0.335 e. The van der Waals surface area contributed by atoms with Crippen LogP contribution in [0, 0.1) is 5.92 Å². The van der Waals surface area contributed by atoms with Gasteiger partial charge in [-0.3, -0.25) is 4.79 Å². The molecule has 1 atom stereocenters. The average Bonchev–Trinajstić information content (AvgIpc) is 2.20. The van der Waals surface area contributed by atoms with Gasteiger partial charge in [-0.25, -0.2) is 4.79 Å². The molecule has 1 amide bonds. The van der Waals surface area contributed by atoms with Gasteiger partial charge in [0.2, 0.25) is 0 Å². The predicted molar refractivity (Wildman–Crippen MR) is 50.1 cm³/mol. The zero-order valence-corrected chi connectivity index (χ0v) is 8.58. The quantitative estimate of drug-likeness (QED) is 0.692. The molecule has 1 heterocycles. The van der Waals surface area contributed by atoms with Crippen LogP contribution in [0.25, 0.3) is 0 Å². The topological polar surface area (TPSA) is 58.6 Å². The van der Waals surface area contributed by atoms with Gasteiger partial charge < -0.3 is 10.2 Å². The number of carbonyl (C=O) groups is 2. The second-order valence-corrected chi connectivity index (χ2v) is 3.39. The Bertz CT molecular complexity index is 230. The normalized spacial score (nSPS) is 19.3. The zero-order valence-electron chi connectivity index (χ0n) is 8.58. The second kappa shape index (κ2) is 4.95. The fourth-order valence-corrected chi connectivity index (χ4v) is 1.05. The Morgan fingerprint density at radius 1 is 1.71 bits per heavy atom. The molecule has 1 fully saturated rings. The first-order valence-corrected chi connectivity index (χ1v) is 4.88. The Balaban J connectivity index is 2.42. The summed E-state index contributed by atoms with van der Waals surface area (Å²) >= 11 is 0. The SMILES string of the molecule is CCC(C)C(=O)ON1CCNCC1=O. The van der Waals surface area contributed by atoms with Crippen molar-refractivity contribution in [2.45, 2.75) is 20.3 Å². The van der Waals surface area contributed by atoms with Gasteiger partial charge in [0.1, 0.15) is 0 Å². The minimum absolute atomic E-state index is 0.155. The summed E-state index contributed by atoms with van der Waals surface area (Å²) in [5.41, 5.74) is 0. The number of nitrogens with one attached hydrogen (secondary N) is 1. The minimum Gasteiger partial charge on any atom is -0.338 e. The molecule has 1 N–H and O–H groups in total. The summed E-state index contributed by atoms with van der Waals surface area (Å²) in [7, 11) is 0. The Morgan fingerprint density at radius 2 is 2.43 bits per heavy atom. The molecule has 1 rings (SSSR count). The highest BCUT2D eigenvalue weighted by Gasteiger charge is 2.23. The van der Waals surface area contributed by atoms with Crippen LogP contribution in [-0.4, -0.2) is 36.6 Å². The van der Waals surface area contributed by atoms with Gasteiger partial charge in [0.25, 0.3) is 5.91 Å². The molecule has 0 saturated carbocycles. The van der Waals surface area contributed by atoms with E-state index >= 15 is 0 Å². The third-order valence-electron chi connectivity index (χ3n) is 2.26. The molecule has 0 aromatic carbocycles. The van der Waals surface area contributed by atoms with Crippen molar-refractivity contribution in [3.8, 4) is 0 Å². The number of hydrogen-bond donors (Lipinski definition) is 1. The molecule has 0 aromatic rings. The van der Waals surface area contributed by atoms with Gasteiger partial charge >= 0.3 is 5.97 Å². The van der Waals surface area contributed by atoms with Crippen LogP contribution in [-0.2, 0) is 14.4 Å². The molecule has 0 spiro atoms. The van der Waals surface area contributed by atoms with E-state index in [0.29, 0.717) is 13.1 Å². The molecule has 5 heteroatoms. The van der Waals surface area contributed by atoms with E-state index in [1.807, 2.05) is 6.92 Å². The molecule has 0 aromatic heterocycles. The number of nitrogens with zero attached hydrogens (tertiary/aromatic N) is 1. The van der Waals surface area contributed by atoms with Crippen LogP contribution in [0.2, 0.25) is 0 Å². The summed E-state index contributed by atoms with van der Waals surface area (Å²) in [6.07, 6.45) is 0.721. The van der Waals surface area contributed by atoms with Crippen molar-refractivity contribution in [2.24, 2.45) is 5.92 Å². The number of amides is 1. The van der Waals surface area contributed by atoms with E-state index < -0.39 is 0 Å². The third-order valence-corrected chi connectivity index (χ3v) is 2.26. The fraction of sp³-hybridized carbons (Fsp3) is 0.778. The zero-order chi connectivity index (χ0) is 10.6.